The predicted molar refractivity (Wildman–Crippen MR) is 335 cm³/mol. The molecule has 84 heavy (non-hydrogen) atoms. The van der Waals surface area contributed by atoms with Gasteiger partial charge in [-0.05, 0) is 49.4 Å². The average molecular weight is 1240 g/mol. The molecular formula is C65H126O17P2. The number of esters is 4. The molecule has 0 aliphatic carbocycles. The van der Waals surface area contributed by atoms with Gasteiger partial charge < -0.3 is 33.8 Å². The minimum atomic E-state index is -4.95. The zero-order valence-electron chi connectivity index (χ0n) is 54.5. The highest BCUT2D eigenvalue weighted by Crippen LogP contribution is 2.45. The molecule has 0 aromatic rings. The van der Waals surface area contributed by atoms with Gasteiger partial charge in [-0.25, -0.2) is 9.13 Å². The first kappa shape index (κ1) is 82.1. The Morgan fingerprint density at radius 2 is 0.500 bits per heavy atom. The Bertz CT molecular complexity index is 1680. The molecule has 0 saturated carbocycles. The van der Waals surface area contributed by atoms with Crippen LogP contribution in [0.25, 0.3) is 0 Å². The summed E-state index contributed by atoms with van der Waals surface area (Å²) in [5.41, 5.74) is 0. The first-order chi connectivity index (χ1) is 40.1. The summed E-state index contributed by atoms with van der Waals surface area (Å²) >= 11 is 0. The second kappa shape index (κ2) is 55.2. The molecule has 0 aliphatic heterocycles. The quantitative estimate of drug-likeness (QED) is 0.0222. The number of phosphoric acid groups is 2. The predicted octanol–water partition coefficient (Wildman–Crippen LogP) is 17.8. The van der Waals surface area contributed by atoms with Gasteiger partial charge in [-0.3, -0.25) is 37.3 Å². The molecule has 0 radical (unpaired) electrons. The molecule has 0 bridgehead atoms. The van der Waals surface area contributed by atoms with Crippen LogP contribution in [0.4, 0.5) is 0 Å². The third kappa shape index (κ3) is 59.0. The molecule has 2 unspecified atom stereocenters. The molecule has 498 valence electrons. The molecule has 0 aliphatic rings. The van der Waals surface area contributed by atoms with Crippen LogP contribution in [0.2, 0.25) is 0 Å². The van der Waals surface area contributed by atoms with E-state index in [0.717, 1.165) is 115 Å². The monoisotopic (exact) mass is 1240 g/mol. The summed E-state index contributed by atoms with van der Waals surface area (Å²) in [7, 11) is -9.89. The molecule has 3 N–H and O–H groups in total. The molecular weight excluding hydrogens is 1110 g/mol. The summed E-state index contributed by atoms with van der Waals surface area (Å²) in [5.74, 6) is 0.720. The Kier molecular flexibility index (Phi) is 53.9. The van der Waals surface area contributed by atoms with Crippen LogP contribution in [-0.2, 0) is 65.4 Å². The minimum Gasteiger partial charge on any atom is -0.462 e. The highest BCUT2D eigenvalue weighted by Gasteiger charge is 2.30. The first-order valence-electron chi connectivity index (χ1n) is 33.7. The maximum absolute atomic E-state index is 13.0. The van der Waals surface area contributed by atoms with Gasteiger partial charge in [-0.15, -0.1) is 0 Å². The van der Waals surface area contributed by atoms with Crippen molar-refractivity contribution in [3.8, 4) is 0 Å². The van der Waals surface area contributed by atoms with Crippen molar-refractivity contribution in [2.45, 2.75) is 331 Å². The van der Waals surface area contributed by atoms with E-state index in [9.17, 15) is 43.2 Å². The Labute approximate surface area is 511 Å². The van der Waals surface area contributed by atoms with Crippen LogP contribution in [-0.4, -0.2) is 96.7 Å². The van der Waals surface area contributed by atoms with Crippen LogP contribution in [0.15, 0.2) is 0 Å². The summed E-state index contributed by atoms with van der Waals surface area (Å²) in [6.45, 7) is 13.9. The largest absolute Gasteiger partial charge is 0.472 e. The van der Waals surface area contributed by atoms with Crippen molar-refractivity contribution < 1.29 is 80.2 Å². The summed E-state index contributed by atoms with van der Waals surface area (Å²) in [5, 5.41) is 10.5. The molecule has 19 heteroatoms. The fraction of sp³-hybridized carbons (Fsp3) is 0.938. The average Bonchev–Trinajstić information content (AvgIpc) is 3.53. The van der Waals surface area contributed by atoms with E-state index in [1.807, 2.05) is 0 Å². The van der Waals surface area contributed by atoms with E-state index in [1.54, 1.807) is 0 Å². The number of carbonyl (C=O) groups excluding carboxylic acids is 4. The molecule has 5 atom stereocenters. The minimum absolute atomic E-state index is 0.103. The fourth-order valence-corrected chi connectivity index (χ4v) is 11.2. The highest BCUT2D eigenvalue weighted by molar-refractivity contribution is 7.47. The van der Waals surface area contributed by atoms with Gasteiger partial charge in [-0.2, -0.15) is 0 Å². The summed E-state index contributed by atoms with van der Waals surface area (Å²) in [4.78, 5) is 72.2. The van der Waals surface area contributed by atoms with Gasteiger partial charge in [0, 0.05) is 25.7 Å². The molecule has 17 nitrogen and oxygen atoms in total. The first-order valence-corrected chi connectivity index (χ1v) is 36.7. The van der Waals surface area contributed by atoms with E-state index in [1.165, 1.54) is 103 Å². The Hall–Kier alpha value is -1.94. The second-order valence-corrected chi connectivity index (χ2v) is 28.3. The molecule has 0 spiro atoms. The van der Waals surface area contributed by atoms with Gasteiger partial charge >= 0.3 is 39.5 Å². The standard InChI is InChI=1S/C65H126O17P2/c1-55(2)41-33-25-17-13-10-9-11-15-19-31-39-47-64(69)81-60(51-75-62(67)45-37-29-23-21-27-35-43-57(5)6)53-79-83(71,72)77-49-59(66)50-78-84(73,74)80-54-61(52-76-63(68)46-38-30-24-22-28-36-44-58(7)8)82-65(70)48-40-32-20-16-12-14-18-26-34-42-56(3)4/h55-61,66H,9-54H2,1-8H3,(H,71,72)(H,73,74)/t59-,60-,61-/m1/s1. The Balaban J connectivity index is 5.24. The van der Waals surface area contributed by atoms with Crippen molar-refractivity contribution in [3.05, 3.63) is 0 Å². The lowest BCUT2D eigenvalue weighted by atomic mass is 10.0. The van der Waals surface area contributed by atoms with E-state index >= 15 is 0 Å². The zero-order chi connectivity index (χ0) is 62.5. The lowest BCUT2D eigenvalue weighted by Crippen LogP contribution is -2.30. The van der Waals surface area contributed by atoms with Crippen molar-refractivity contribution >= 4 is 39.5 Å². The molecule has 0 rings (SSSR count). The molecule has 0 fully saturated rings. The molecule has 0 heterocycles. The van der Waals surface area contributed by atoms with E-state index in [-0.39, 0.29) is 25.7 Å². The summed E-state index contributed by atoms with van der Waals surface area (Å²) < 4.78 is 68.0. The maximum Gasteiger partial charge on any atom is 0.472 e. The third-order valence-electron chi connectivity index (χ3n) is 14.8. The fourth-order valence-electron chi connectivity index (χ4n) is 9.61. The smallest absolute Gasteiger partial charge is 0.462 e. The Morgan fingerprint density at radius 3 is 0.738 bits per heavy atom. The van der Waals surface area contributed by atoms with Gasteiger partial charge in [-0.1, -0.05) is 261 Å². The number of unbranched alkanes of at least 4 members (excludes halogenated alkanes) is 28. The van der Waals surface area contributed by atoms with E-state index in [0.29, 0.717) is 37.5 Å². The SMILES string of the molecule is CC(C)CCCCCCCCCCCCCC(=O)O[C@H](COC(=O)CCCCCCCCC(C)C)COP(=O)(O)OC[C@@H](O)COP(=O)(O)OC[C@@H](COC(=O)CCCCCCCCC(C)C)OC(=O)CCCCCCCCCCCC(C)C. The van der Waals surface area contributed by atoms with E-state index < -0.39 is 97.5 Å². The van der Waals surface area contributed by atoms with E-state index in [4.69, 9.17) is 37.0 Å². The van der Waals surface area contributed by atoms with Gasteiger partial charge in [0.2, 0.25) is 0 Å². The van der Waals surface area contributed by atoms with Crippen molar-refractivity contribution in [1.29, 1.82) is 0 Å². The van der Waals surface area contributed by atoms with Crippen LogP contribution < -0.4 is 0 Å². The zero-order valence-corrected chi connectivity index (χ0v) is 56.3. The normalized spacial score (nSPS) is 14.4. The molecule has 0 aromatic heterocycles. The van der Waals surface area contributed by atoms with Gasteiger partial charge in [0.1, 0.15) is 19.3 Å². The van der Waals surface area contributed by atoms with E-state index in [2.05, 4.69) is 55.4 Å². The number of phosphoric ester groups is 2. The lowest BCUT2D eigenvalue weighted by molar-refractivity contribution is -0.161. The van der Waals surface area contributed by atoms with Crippen molar-refractivity contribution in [2.75, 3.05) is 39.6 Å². The number of hydrogen-bond donors (Lipinski definition) is 3. The molecule has 0 saturated heterocycles. The molecule has 0 amide bonds. The summed E-state index contributed by atoms with van der Waals surface area (Å²) in [6.07, 6.45) is 35.1. The number of ether oxygens (including phenoxy) is 4. The number of aliphatic hydroxyl groups excluding tert-OH is 1. The van der Waals surface area contributed by atoms with Crippen LogP contribution in [0.5, 0.6) is 0 Å². The number of hydrogen-bond acceptors (Lipinski definition) is 15. The van der Waals surface area contributed by atoms with Crippen LogP contribution >= 0.6 is 15.6 Å². The van der Waals surface area contributed by atoms with Gasteiger partial charge in [0.05, 0.1) is 26.4 Å². The topological polar surface area (TPSA) is 237 Å². The molecule has 0 aromatic carbocycles. The van der Waals surface area contributed by atoms with Crippen molar-refractivity contribution in [1.82, 2.24) is 0 Å². The number of aliphatic hydroxyl groups is 1. The lowest BCUT2D eigenvalue weighted by Gasteiger charge is -2.21. The van der Waals surface area contributed by atoms with Gasteiger partial charge in [0.25, 0.3) is 0 Å². The van der Waals surface area contributed by atoms with Crippen molar-refractivity contribution in [2.24, 2.45) is 23.7 Å². The number of rotatable bonds is 62. The second-order valence-electron chi connectivity index (χ2n) is 25.4. The van der Waals surface area contributed by atoms with Crippen molar-refractivity contribution in [3.63, 3.8) is 0 Å². The van der Waals surface area contributed by atoms with Crippen LogP contribution in [0.3, 0.4) is 0 Å². The van der Waals surface area contributed by atoms with Crippen LogP contribution in [0.1, 0.15) is 312 Å². The maximum atomic E-state index is 13.0. The Morgan fingerprint density at radius 1 is 0.298 bits per heavy atom. The van der Waals surface area contributed by atoms with Gasteiger partial charge in [0.15, 0.2) is 12.2 Å². The summed E-state index contributed by atoms with van der Waals surface area (Å²) in [6, 6.07) is 0. The highest BCUT2D eigenvalue weighted by atomic mass is 31.2. The third-order valence-corrected chi connectivity index (χ3v) is 16.7. The van der Waals surface area contributed by atoms with Crippen LogP contribution in [0, 0.1) is 23.7 Å². The number of carbonyl (C=O) groups is 4.